The summed E-state index contributed by atoms with van der Waals surface area (Å²) in [7, 11) is 0. The van der Waals surface area contributed by atoms with Gasteiger partial charge in [0.1, 0.15) is 6.26 Å². The lowest BCUT2D eigenvalue weighted by Crippen LogP contribution is -2.29. The van der Waals surface area contributed by atoms with Gasteiger partial charge in [-0.3, -0.25) is 14.4 Å². The highest BCUT2D eigenvalue weighted by atomic mass is 16.6. The average molecular weight is 463 g/mol. The molecule has 1 aromatic rings. The number of furan rings is 1. The van der Waals surface area contributed by atoms with Crippen LogP contribution in [-0.4, -0.2) is 29.2 Å². The fraction of sp³-hybridized carbons (Fsp3) is 0.667. The van der Waals surface area contributed by atoms with Crippen molar-refractivity contribution < 1.29 is 28.6 Å². The van der Waals surface area contributed by atoms with Gasteiger partial charge in [-0.1, -0.05) is 76.9 Å². The van der Waals surface area contributed by atoms with Gasteiger partial charge in [0.15, 0.2) is 17.5 Å². The third kappa shape index (κ3) is 13.1. The number of allylic oxidation sites excluding steroid dienone is 2. The fourth-order valence-electron chi connectivity index (χ4n) is 3.68. The molecule has 0 saturated heterocycles. The minimum atomic E-state index is -1.70. The zero-order valence-electron chi connectivity index (χ0n) is 20.5. The van der Waals surface area contributed by atoms with Crippen molar-refractivity contribution in [3.8, 4) is 5.95 Å². The Hall–Kier alpha value is -2.37. The van der Waals surface area contributed by atoms with Crippen LogP contribution in [0.4, 0.5) is 0 Å². The molecule has 0 aliphatic heterocycles. The van der Waals surface area contributed by atoms with Gasteiger partial charge in [0.05, 0.1) is 12.2 Å². The normalized spacial score (nSPS) is 12.2. The van der Waals surface area contributed by atoms with E-state index in [4.69, 9.17) is 14.3 Å². The second-order valence-electron chi connectivity index (χ2n) is 8.69. The molecule has 1 heterocycles. The van der Waals surface area contributed by atoms with Gasteiger partial charge in [-0.25, -0.2) is 0 Å². The van der Waals surface area contributed by atoms with E-state index < -0.39 is 23.5 Å². The van der Waals surface area contributed by atoms with Crippen molar-refractivity contribution in [3.63, 3.8) is 0 Å². The highest BCUT2D eigenvalue weighted by molar-refractivity contribution is 6.21. The maximum Gasteiger partial charge on any atom is 0.322 e. The number of rotatable bonds is 21. The molecule has 0 aromatic carbocycles. The summed E-state index contributed by atoms with van der Waals surface area (Å²) in [5.41, 5.74) is 0.0358. The second kappa shape index (κ2) is 18.1. The molecular weight excluding hydrogens is 420 g/mol. The third-order valence-corrected chi connectivity index (χ3v) is 5.68. The van der Waals surface area contributed by atoms with E-state index in [-0.39, 0.29) is 11.5 Å². The zero-order valence-corrected chi connectivity index (χ0v) is 20.5. The highest BCUT2D eigenvalue weighted by Crippen LogP contribution is 2.20. The van der Waals surface area contributed by atoms with E-state index in [1.165, 1.54) is 76.7 Å². The molecule has 6 heteroatoms. The number of carboxylic acids is 1. The van der Waals surface area contributed by atoms with Gasteiger partial charge in [0.25, 0.3) is 5.95 Å². The predicted molar refractivity (Wildman–Crippen MR) is 130 cm³/mol. The number of carboxylic acid groups (broad SMARTS) is 1. The van der Waals surface area contributed by atoms with Crippen molar-refractivity contribution in [3.05, 3.63) is 30.0 Å². The molecule has 1 N–H and O–H groups in total. The lowest BCUT2D eigenvalue weighted by Gasteiger charge is -2.05. The molecule has 0 fully saturated rings. The van der Waals surface area contributed by atoms with Crippen LogP contribution in [0.3, 0.4) is 0 Å². The number of carbonyl (C=O) groups excluding carboxylic acids is 2. The molecule has 0 spiro atoms. The van der Waals surface area contributed by atoms with Crippen molar-refractivity contribution in [1.82, 2.24) is 0 Å². The smallest absolute Gasteiger partial charge is 0.322 e. The van der Waals surface area contributed by atoms with E-state index in [1.807, 2.05) is 0 Å². The van der Waals surface area contributed by atoms with Crippen LogP contribution in [0.15, 0.2) is 28.9 Å². The van der Waals surface area contributed by atoms with Crippen LogP contribution in [0, 0.1) is 5.92 Å². The Bertz CT molecular complexity index is 704. The largest absolute Gasteiger partial charge is 0.480 e. The Balaban J connectivity index is 2.02. The third-order valence-electron chi connectivity index (χ3n) is 5.68. The minimum absolute atomic E-state index is 0.0358. The number of hydrogen-bond acceptors (Lipinski definition) is 5. The number of aliphatic carboxylic acids is 1. The van der Waals surface area contributed by atoms with Crippen LogP contribution in [0.1, 0.15) is 114 Å². The lowest BCUT2D eigenvalue weighted by atomic mass is 9.96. The first-order valence-electron chi connectivity index (χ1n) is 12.6. The Morgan fingerprint density at radius 1 is 0.909 bits per heavy atom. The SMILES string of the molecule is CCCCCCCC/C=C\CCCCCCCCOc1cc(C(=O)C(C(C)=O)C(=O)O)co1. The van der Waals surface area contributed by atoms with Crippen molar-refractivity contribution in [1.29, 1.82) is 0 Å². The summed E-state index contributed by atoms with van der Waals surface area (Å²) in [5.74, 6) is -4.49. The van der Waals surface area contributed by atoms with Crippen molar-refractivity contribution in [2.45, 2.75) is 104 Å². The summed E-state index contributed by atoms with van der Waals surface area (Å²) in [6.07, 6.45) is 23.1. The summed E-state index contributed by atoms with van der Waals surface area (Å²) in [6, 6.07) is 1.35. The van der Waals surface area contributed by atoms with Crippen LogP contribution >= 0.6 is 0 Å². The molecule has 33 heavy (non-hydrogen) atoms. The van der Waals surface area contributed by atoms with E-state index in [9.17, 15) is 14.4 Å². The van der Waals surface area contributed by atoms with Crippen LogP contribution in [0.5, 0.6) is 5.95 Å². The van der Waals surface area contributed by atoms with E-state index in [0.29, 0.717) is 6.61 Å². The molecule has 0 amide bonds. The van der Waals surface area contributed by atoms with E-state index >= 15 is 0 Å². The molecule has 0 bridgehead atoms. The molecule has 0 radical (unpaired) electrons. The molecule has 1 unspecified atom stereocenters. The van der Waals surface area contributed by atoms with Gasteiger partial charge in [0.2, 0.25) is 0 Å². The lowest BCUT2D eigenvalue weighted by molar-refractivity contribution is -0.143. The Labute approximate surface area is 198 Å². The predicted octanol–water partition coefficient (Wildman–Crippen LogP) is 7.17. The molecule has 1 rings (SSSR count). The van der Waals surface area contributed by atoms with E-state index in [0.717, 1.165) is 32.4 Å². The summed E-state index contributed by atoms with van der Waals surface area (Å²) in [4.78, 5) is 34.6. The van der Waals surface area contributed by atoms with E-state index in [1.54, 1.807) is 0 Å². The van der Waals surface area contributed by atoms with Gasteiger partial charge in [0, 0.05) is 6.07 Å². The summed E-state index contributed by atoms with van der Waals surface area (Å²) in [5, 5.41) is 9.04. The summed E-state index contributed by atoms with van der Waals surface area (Å²) < 4.78 is 10.7. The Morgan fingerprint density at radius 2 is 1.45 bits per heavy atom. The van der Waals surface area contributed by atoms with Gasteiger partial charge in [-0.2, -0.15) is 0 Å². The number of Topliss-reactive ketones (excluding diaryl/α,β-unsaturated/α-hetero) is 2. The molecule has 0 saturated carbocycles. The molecular formula is C27H42O6. The first-order chi connectivity index (χ1) is 16.0. The Morgan fingerprint density at radius 3 is 2.00 bits per heavy atom. The van der Waals surface area contributed by atoms with Crippen LogP contribution in [0.2, 0.25) is 0 Å². The monoisotopic (exact) mass is 462 g/mol. The molecule has 0 aliphatic carbocycles. The topological polar surface area (TPSA) is 93.8 Å². The molecule has 1 aromatic heterocycles. The van der Waals surface area contributed by atoms with E-state index in [2.05, 4.69) is 19.1 Å². The summed E-state index contributed by atoms with van der Waals surface area (Å²) >= 11 is 0. The summed E-state index contributed by atoms with van der Waals surface area (Å²) in [6.45, 7) is 3.81. The average Bonchev–Trinajstić information content (AvgIpc) is 3.24. The first-order valence-corrected chi connectivity index (χ1v) is 12.6. The number of carbonyl (C=O) groups is 3. The van der Waals surface area contributed by atoms with Crippen LogP contribution < -0.4 is 4.74 Å². The standard InChI is InChI=1S/C27H42O6/c1-3-4-5-6-7-8-9-10-11-12-13-14-15-16-17-18-19-32-24-20-23(21-33-24)26(29)25(22(2)28)27(30)31/h10-11,20-21,25H,3-9,12-19H2,1-2H3,(H,30,31)/b11-10-. The Kier molecular flexibility index (Phi) is 15.7. The van der Waals surface area contributed by atoms with Gasteiger partial charge < -0.3 is 14.3 Å². The number of ether oxygens (including phenoxy) is 1. The quantitative estimate of drug-likeness (QED) is 0.0901. The molecule has 1 atom stereocenters. The number of ketones is 2. The van der Waals surface area contributed by atoms with Crippen molar-refractivity contribution in [2.24, 2.45) is 5.92 Å². The minimum Gasteiger partial charge on any atom is -0.480 e. The van der Waals surface area contributed by atoms with Gasteiger partial charge in [-0.05, 0) is 39.0 Å². The number of hydrogen-bond donors (Lipinski definition) is 1. The fourth-order valence-corrected chi connectivity index (χ4v) is 3.68. The first kappa shape index (κ1) is 28.7. The maximum absolute atomic E-state index is 12.2. The van der Waals surface area contributed by atoms with Crippen molar-refractivity contribution in [2.75, 3.05) is 6.61 Å². The molecule has 186 valence electrons. The van der Waals surface area contributed by atoms with Crippen molar-refractivity contribution >= 4 is 17.5 Å². The van der Waals surface area contributed by atoms with Crippen LogP contribution in [0.25, 0.3) is 0 Å². The maximum atomic E-state index is 12.2. The molecule has 0 aliphatic rings. The van der Waals surface area contributed by atoms with Gasteiger partial charge >= 0.3 is 5.97 Å². The van der Waals surface area contributed by atoms with Crippen LogP contribution in [-0.2, 0) is 9.59 Å². The molecule has 6 nitrogen and oxygen atoms in total. The second-order valence-corrected chi connectivity index (χ2v) is 8.69. The highest BCUT2D eigenvalue weighted by Gasteiger charge is 2.32. The zero-order chi connectivity index (χ0) is 24.3. The number of unbranched alkanes of at least 4 members (excludes halogenated alkanes) is 12. The van der Waals surface area contributed by atoms with Gasteiger partial charge in [-0.15, -0.1) is 0 Å².